The maximum Gasteiger partial charge on any atom is 0.239 e. The molecule has 1 unspecified atom stereocenters. The van der Waals surface area contributed by atoms with Gasteiger partial charge in [-0.3, -0.25) is 14.5 Å². The predicted molar refractivity (Wildman–Crippen MR) is 97.8 cm³/mol. The molecule has 0 aromatic rings. The van der Waals surface area contributed by atoms with Crippen molar-refractivity contribution in [2.75, 3.05) is 39.4 Å². The van der Waals surface area contributed by atoms with Crippen molar-refractivity contribution in [2.45, 2.75) is 44.2 Å². The van der Waals surface area contributed by atoms with E-state index < -0.39 is 0 Å². The van der Waals surface area contributed by atoms with Crippen LogP contribution in [0.2, 0.25) is 0 Å². The van der Waals surface area contributed by atoms with Gasteiger partial charge in [0.2, 0.25) is 11.8 Å². The molecule has 4 N–H and O–H groups in total. The molecule has 1 saturated heterocycles. The van der Waals surface area contributed by atoms with E-state index in [1.807, 2.05) is 0 Å². The minimum Gasteiger partial charge on any atom is -0.379 e. The lowest BCUT2D eigenvalue weighted by Gasteiger charge is -2.47. The Bertz CT molecular complexity index is 400. The van der Waals surface area contributed by atoms with Crippen LogP contribution in [0.5, 0.6) is 0 Å². The van der Waals surface area contributed by atoms with E-state index in [0.29, 0.717) is 0 Å². The van der Waals surface area contributed by atoms with Crippen molar-refractivity contribution in [3.63, 3.8) is 0 Å². The second kappa shape index (κ2) is 11.1. The fourth-order valence-corrected chi connectivity index (χ4v) is 3.70. The molecule has 1 aliphatic heterocycles. The molecular weight excluding hydrogens is 355 g/mol. The summed E-state index contributed by atoms with van der Waals surface area (Å²) in [4.78, 5) is 25.7. The number of nitrogens with zero attached hydrogens (tertiary/aromatic N) is 1. The molecule has 0 aromatic heterocycles. The van der Waals surface area contributed by atoms with Crippen molar-refractivity contribution in [3.8, 4) is 0 Å². The van der Waals surface area contributed by atoms with Gasteiger partial charge in [0.1, 0.15) is 0 Å². The maximum atomic E-state index is 12.0. The van der Waals surface area contributed by atoms with Gasteiger partial charge in [-0.05, 0) is 19.8 Å². The van der Waals surface area contributed by atoms with Crippen LogP contribution in [-0.4, -0.2) is 67.7 Å². The van der Waals surface area contributed by atoms with Crippen LogP contribution < -0.4 is 16.4 Å². The third-order valence-corrected chi connectivity index (χ3v) is 4.93. The Hall–Kier alpha value is -0.600. The molecule has 1 aliphatic carbocycles. The molecule has 2 fully saturated rings. The molecule has 9 heteroatoms. The molecular formula is C15H30Cl2N4O3. The molecule has 1 heterocycles. The van der Waals surface area contributed by atoms with E-state index in [2.05, 4.69) is 22.5 Å². The summed E-state index contributed by atoms with van der Waals surface area (Å²) in [6, 6.07) is 0.0513. The first-order valence-electron chi connectivity index (χ1n) is 8.17. The Kier molecular flexibility index (Phi) is 10.8. The van der Waals surface area contributed by atoms with Gasteiger partial charge in [-0.2, -0.15) is 0 Å². The van der Waals surface area contributed by atoms with Crippen molar-refractivity contribution < 1.29 is 14.3 Å². The molecule has 142 valence electrons. The number of rotatable bonds is 6. The lowest BCUT2D eigenvalue weighted by Crippen LogP contribution is -2.62. The van der Waals surface area contributed by atoms with Crippen molar-refractivity contribution in [1.82, 2.24) is 15.5 Å². The largest absolute Gasteiger partial charge is 0.379 e. The lowest BCUT2D eigenvalue weighted by atomic mass is 9.86. The van der Waals surface area contributed by atoms with Gasteiger partial charge in [0, 0.05) is 24.7 Å². The summed E-state index contributed by atoms with van der Waals surface area (Å²) in [5, 5.41) is 5.57. The van der Waals surface area contributed by atoms with E-state index in [9.17, 15) is 9.59 Å². The number of nitrogens with two attached hydrogens (primary N) is 1. The van der Waals surface area contributed by atoms with E-state index in [-0.39, 0.29) is 61.3 Å². The molecule has 1 atom stereocenters. The average Bonchev–Trinajstić information content (AvgIpc) is 3.04. The van der Waals surface area contributed by atoms with Crippen molar-refractivity contribution in [3.05, 3.63) is 0 Å². The maximum absolute atomic E-state index is 12.0. The summed E-state index contributed by atoms with van der Waals surface area (Å²) >= 11 is 0. The zero-order valence-electron chi connectivity index (χ0n) is 14.2. The van der Waals surface area contributed by atoms with E-state index in [1.54, 1.807) is 0 Å². The highest BCUT2D eigenvalue weighted by Gasteiger charge is 2.44. The Balaban J connectivity index is 0.00000264. The summed E-state index contributed by atoms with van der Waals surface area (Å²) < 4.78 is 5.45. The third kappa shape index (κ3) is 5.74. The first-order valence-corrected chi connectivity index (χ1v) is 8.17. The number of halogens is 2. The molecule has 2 amide bonds. The van der Waals surface area contributed by atoms with Gasteiger partial charge in [-0.15, -0.1) is 24.8 Å². The normalized spacial score (nSPS) is 21.1. The predicted octanol–water partition coefficient (Wildman–Crippen LogP) is 0.0546. The van der Waals surface area contributed by atoms with E-state index >= 15 is 0 Å². The van der Waals surface area contributed by atoms with Crippen LogP contribution in [0.4, 0.5) is 0 Å². The molecule has 1 saturated carbocycles. The van der Waals surface area contributed by atoms with Crippen LogP contribution in [-0.2, 0) is 14.3 Å². The summed E-state index contributed by atoms with van der Waals surface area (Å²) in [6.07, 6.45) is 4.59. The lowest BCUT2D eigenvalue weighted by molar-refractivity contribution is -0.126. The highest BCUT2D eigenvalue weighted by atomic mass is 35.5. The fourth-order valence-electron chi connectivity index (χ4n) is 3.70. The number of hydrogen-bond donors (Lipinski definition) is 3. The van der Waals surface area contributed by atoms with Crippen molar-refractivity contribution >= 4 is 36.6 Å². The van der Waals surface area contributed by atoms with Crippen LogP contribution in [0.25, 0.3) is 0 Å². The quantitative estimate of drug-likeness (QED) is 0.601. The zero-order chi connectivity index (χ0) is 16.0. The molecule has 0 radical (unpaired) electrons. The van der Waals surface area contributed by atoms with Gasteiger partial charge in [-0.1, -0.05) is 12.8 Å². The molecule has 7 nitrogen and oxygen atoms in total. The number of nitrogens with one attached hydrogen (secondary N) is 2. The Morgan fingerprint density at radius 3 is 2.29 bits per heavy atom. The Labute approximate surface area is 156 Å². The van der Waals surface area contributed by atoms with Gasteiger partial charge < -0.3 is 21.1 Å². The fraction of sp³-hybridized carbons (Fsp3) is 0.867. The minimum absolute atomic E-state index is 0. The van der Waals surface area contributed by atoms with Gasteiger partial charge in [0.25, 0.3) is 0 Å². The van der Waals surface area contributed by atoms with E-state index in [4.69, 9.17) is 10.5 Å². The number of carbonyl (C=O) groups is 2. The molecule has 2 aliphatic rings. The smallest absolute Gasteiger partial charge is 0.239 e. The minimum atomic E-state index is -0.313. The summed E-state index contributed by atoms with van der Waals surface area (Å²) in [7, 11) is 0. The molecule has 0 aromatic carbocycles. The topological polar surface area (TPSA) is 96.7 Å². The number of hydrogen-bond acceptors (Lipinski definition) is 5. The first kappa shape index (κ1) is 23.4. The van der Waals surface area contributed by atoms with Crippen LogP contribution in [0.15, 0.2) is 0 Å². The SMILES string of the molecule is CC(NC(=O)CNC(=O)CN)C1(N2CCOCC2)CCCC1.Cl.Cl. The van der Waals surface area contributed by atoms with Crippen molar-refractivity contribution in [1.29, 1.82) is 0 Å². The number of amides is 2. The van der Waals surface area contributed by atoms with Gasteiger partial charge in [-0.25, -0.2) is 0 Å². The van der Waals surface area contributed by atoms with Gasteiger partial charge in [0.15, 0.2) is 0 Å². The highest BCUT2D eigenvalue weighted by Crippen LogP contribution is 2.38. The number of carbonyl (C=O) groups excluding carboxylic acids is 2. The van der Waals surface area contributed by atoms with Gasteiger partial charge in [0.05, 0.1) is 26.3 Å². The number of morpholine rings is 1. The molecule has 0 bridgehead atoms. The standard InChI is InChI=1S/C15H28N4O3.2ClH/c1-12(18-14(21)11-17-13(20)10-16)15(4-2-3-5-15)19-6-8-22-9-7-19;;/h12H,2-11,16H2,1H3,(H,17,20)(H,18,21);2*1H. The van der Waals surface area contributed by atoms with E-state index in [0.717, 1.165) is 39.1 Å². The number of ether oxygens (including phenoxy) is 1. The van der Waals surface area contributed by atoms with Crippen LogP contribution in [0.1, 0.15) is 32.6 Å². The molecule has 2 rings (SSSR count). The van der Waals surface area contributed by atoms with Crippen LogP contribution in [0.3, 0.4) is 0 Å². The molecule has 0 spiro atoms. The Morgan fingerprint density at radius 1 is 1.17 bits per heavy atom. The third-order valence-electron chi connectivity index (χ3n) is 4.93. The second-order valence-electron chi connectivity index (χ2n) is 6.18. The second-order valence-corrected chi connectivity index (χ2v) is 6.18. The van der Waals surface area contributed by atoms with Gasteiger partial charge >= 0.3 is 0 Å². The van der Waals surface area contributed by atoms with E-state index in [1.165, 1.54) is 12.8 Å². The average molecular weight is 385 g/mol. The summed E-state index contributed by atoms with van der Waals surface area (Å²) in [5.74, 6) is -0.472. The molecule has 24 heavy (non-hydrogen) atoms. The zero-order valence-corrected chi connectivity index (χ0v) is 15.8. The van der Waals surface area contributed by atoms with Crippen LogP contribution >= 0.6 is 24.8 Å². The highest BCUT2D eigenvalue weighted by molar-refractivity contribution is 5.86. The first-order chi connectivity index (χ1) is 10.6. The monoisotopic (exact) mass is 384 g/mol. The van der Waals surface area contributed by atoms with Crippen molar-refractivity contribution in [2.24, 2.45) is 5.73 Å². The Morgan fingerprint density at radius 2 is 1.75 bits per heavy atom. The van der Waals surface area contributed by atoms with Crippen LogP contribution in [0, 0.1) is 0 Å². The summed E-state index contributed by atoms with van der Waals surface area (Å²) in [5.41, 5.74) is 5.24. The summed E-state index contributed by atoms with van der Waals surface area (Å²) in [6.45, 7) is 5.32.